The predicted octanol–water partition coefficient (Wildman–Crippen LogP) is 2.85. The Hall–Kier alpha value is -1.14. The maximum absolute atomic E-state index is 13.5. The minimum Gasteiger partial charge on any atom is -0.396 e. The van der Waals surface area contributed by atoms with Gasteiger partial charge in [-0.1, -0.05) is 13.8 Å². The summed E-state index contributed by atoms with van der Waals surface area (Å²) in [5.74, 6) is 0.418. The number of benzene rings is 1. The first kappa shape index (κ1) is 16.2. The lowest BCUT2D eigenvalue weighted by molar-refractivity contribution is 0.340. The predicted molar refractivity (Wildman–Crippen MR) is 81.8 cm³/mol. The van der Waals surface area contributed by atoms with E-state index in [1.165, 1.54) is 16.4 Å². The summed E-state index contributed by atoms with van der Waals surface area (Å²) in [5, 5.41) is 0. The number of hydrogen-bond acceptors (Lipinski definition) is 3. The molecular formula is C15H23FN2O2S. The molecule has 4 nitrogen and oxygen atoms in total. The van der Waals surface area contributed by atoms with Crippen molar-refractivity contribution in [3.8, 4) is 0 Å². The summed E-state index contributed by atoms with van der Waals surface area (Å²) in [7, 11) is -3.64. The number of rotatable bonds is 3. The molecule has 1 aliphatic heterocycles. The average molecular weight is 314 g/mol. The SMILES string of the molecule is CC(C)C1CCCN(S(=O)(=O)c2ccc(N)c(F)c2)CC1. The molecule has 2 rings (SSSR count). The second-order valence-electron chi connectivity index (χ2n) is 6.02. The lowest BCUT2D eigenvalue weighted by atomic mass is 9.89. The van der Waals surface area contributed by atoms with E-state index in [1.807, 2.05) is 0 Å². The Kier molecular flexibility index (Phi) is 4.88. The van der Waals surface area contributed by atoms with Gasteiger partial charge in [-0.05, 0) is 49.3 Å². The van der Waals surface area contributed by atoms with Crippen LogP contribution in [0.4, 0.5) is 10.1 Å². The van der Waals surface area contributed by atoms with Crippen LogP contribution in [0.25, 0.3) is 0 Å². The molecule has 1 aliphatic rings. The number of halogens is 1. The number of sulfonamides is 1. The molecule has 1 aromatic carbocycles. The van der Waals surface area contributed by atoms with Gasteiger partial charge in [0.1, 0.15) is 5.82 Å². The van der Waals surface area contributed by atoms with E-state index in [4.69, 9.17) is 5.73 Å². The highest BCUT2D eigenvalue weighted by Gasteiger charge is 2.28. The fraction of sp³-hybridized carbons (Fsp3) is 0.600. The molecule has 1 saturated heterocycles. The van der Waals surface area contributed by atoms with E-state index in [-0.39, 0.29) is 10.6 Å². The van der Waals surface area contributed by atoms with Crippen LogP contribution in [0, 0.1) is 17.7 Å². The summed E-state index contributed by atoms with van der Waals surface area (Å²) < 4.78 is 40.2. The van der Waals surface area contributed by atoms with Crippen molar-refractivity contribution in [3.05, 3.63) is 24.0 Å². The van der Waals surface area contributed by atoms with Gasteiger partial charge in [0, 0.05) is 13.1 Å². The molecule has 0 aliphatic carbocycles. The van der Waals surface area contributed by atoms with Gasteiger partial charge in [-0.3, -0.25) is 0 Å². The summed E-state index contributed by atoms with van der Waals surface area (Å²) in [5.41, 5.74) is 5.37. The van der Waals surface area contributed by atoms with Crippen LogP contribution in [-0.4, -0.2) is 25.8 Å². The summed E-state index contributed by atoms with van der Waals surface area (Å²) in [4.78, 5) is -0.0165. The van der Waals surface area contributed by atoms with Crippen molar-refractivity contribution in [3.63, 3.8) is 0 Å². The third kappa shape index (κ3) is 3.55. The lowest BCUT2D eigenvalue weighted by Crippen LogP contribution is -2.32. The minimum absolute atomic E-state index is 0.0165. The first-order valence-electron chi connectivity index (χ1n) is 7.37. The van der Waals surface area contributed by atoms with Crippen molar-refractivity contribution in [2.24, 2.45) is 11.8 Å². The Bertz CT molecular complexity index is 602. The number of nitrogens with zero attached hydrogens (tertiary/aromatic N) is 1. The normalized spacial score (nSPS) is 21.4. The first-order chi connectivity index (χ1) is 9.82. The van der Waals surface area contributed by atoms with Crippen LogP contribution in [0.3, 0.4) is 0 Å². The van der Waals surface area contributed by atoms with Crippen molar-refractivity contribution in [1.29, 1.82) is 0 Å². The van der Waals surface area contributed by atoms with Gasteiger partial charge in [0.25, 0.3) is 0 Å². The van der Waals surface area contributed by atoms with E-state index in [0.717, 1.165) is 25.3 Å². The van der Waals surface area contributed by atoms with E-state index < -0.39 is 15.8 Å². The lowest BCUT2D eigenvalue weighted by Gasteiger charge is -2.21. The first-order valence-corrected chi connectivity index (χ1v) is 8.81. The van der Waals surface area contributed by atoms with E-state index in [0.29, 0.717) is 24.9 Å². The zero-order chi connectivity index (χ0) is 15.6. The summed E-state index contributed by atoms with van der Waals surface area (Å²) in [6.07, 6.45) is 2.74. The molecule has 21 heavy (non-hydrogen) atoms. The van der Waals surface area contributed by atoms with Gasteiger partial charge in [-0.15, -0.1) is 0 Å². The molecule has 1 fully saturated rings. The van der Waals surface area contributed by atoms with E-state index in [9.17, 15) is 12.8 Å². The summed E-state index contributed by atoms with van der Waals surface area (Å²) >= 11 is 0. The van der Waals surface area contributed by atoms with E-state index in [1.54, 1.807) is 0 Å². The molecule has 1 unspecified atom stereocenters. The second kappa shape index (κ2) is 6.32. The zero-order valence-corrected chi connectivity index (χ0v) is 13.4. The summed E-state index contributed by atoms with van der Waals surface area (Å²) in [6, 6.07) is 3.69. The number of nitrogens with two attached hydrogens (primary N) is 1. The Labute approximate surface area is 126 Å². The largest absolute Gasteiger partial charge is 0.396 e. The fourth-order valence-corrected chi connectivity index (χ4v) is 4.33. The van der Waals surface area contributed by atoms with Crippen LogP contribution in [0.1, 0.15) is 33.1 Å². The van der Waals surface area contributed by atoms with Gasteiger partial charge in [-0.2, -0.15) is 4.31 Å². The number of hydrogen-bond donors (Lipinski definition) is 1. The fourth-order valence-electron chi connectivity index (χ4n) is 2.82. The summed E-state index contributed by atoms with van der Waals surface area (Å²) in [6.45, 7) is 5.34. The van der Waals surface area contributed by atoms with Gasteiger partial charge in [0.2, 0.25) is 10.0 Å². The molecule has 118 valence electrons. The van der Waals surface area contributed by atoms with Crippen molar-refractivity contribution in [2.45, 2.75) is 38.0 Å². The Morgan fingerprint density at radius 2 is 2.00 bits per heavy atom. The maximum atomic E-state index is 13.5. The van der Waals surface area contributed by atoms with Crippen LogP contribution in [0.2, 0.25) is 0 Å². The van der Waals surface area contributed by atoms with E-state index in [2.05, 4.69) is 13.8 Å². The topological polar surface area (TPSA) is 63.4 Å². The average Bonchev–Trinajstić information content (AvgIpc) is 2.68. The molecule has 1 atom stereocenters. The molecule has 0 amide bonds. The van der Waals surface area contributed by atoms with Crippen LogP contribution in [0.15, 0.2) is 23.1 Å². The molecule has 2 N–H and O–H groups in total. The quantitative estimate of drug-likeness (QED) is 0.873. The monoisotopic (exact) mass is 314 g/mol. The molecular weight excluding hydrogens is 291 g/mol. The van der Waals surface area contributed by atoms with Gasteiger partial charge >= 0.3 is 0 Å². The van der Waals surface area contributed by atoms with Crippen LogP contribution in [0.5, 0.6) is 0 Å². The van der Waals surface area contributed by atoms with Gasteiger partial charge in [0.15, 0.2) is 0 Å². The van der Waals surface area contributed by atoms with Crippen molar-refractivity contribution in [2.75, 3.05) is 18.8 Å². The van der Waals surface area contributed by atoms with Crippen molar-refractivity contribution < 1.29 is 12.8 Å². The molecule has 0 saturated carbocycles. The molecule has 0 aromatic heterocycles. The molecule has 1 heterocycles. The molecule has 1 aromatic rings. The molecule has 0 radical (unpaired) electrons. The number of nitrogen functional groups attached to an aromatic ring is 1. The van der Waals surface area contributed by atoms with Crippen LogP contribution < -0.4 is 5.73 Å². The zero-order valence-electron chi connectivity index (χ0n) is 12.5. The van der Waals surface area contributed by atoms with Gasteiger partial charge in [-0.25, -0.2) is 12.8 Å². The van der Waals surface area contributed by atoms with Crippen LogP contribution in [-0.2, 0) is 10.0 Å². The standard InChI is InChI=1S/C15H23FN2O2S/c1-11(2)12-4-3-8-18(9-7-12)21(19,20)13-5-6-15(17)14(16)10-13/h5-6,10-12H,3-4,7-9,17H2,1-2H3. The second-order valence-corrected chi connectivity index (χ2v) is 7.96. The maximum Gasteiger partial charge on any atom is 0.243 e. The Balaban J connectivity index is 2.21. The molecule has 0 spiro atoms. The third-order valence-corrected chi connectivity index (χ3v) is 6.18. The van der Waals surface area contributed by atoms with Crippen molar-refractivity contribution in [1.82, 2.24) is 4.31 Å². The van der Waals surface area contributed by atoms with Gasteiger partial charge in [0.05, 0.1) is 10.6 Å². The minimum atomic E-state index is -3.64. The molecule has 6 heteroatoms. The van der Waals surface area contributed by atoms with Crippen LogP contribution >= 0.6 is 0 Å². The highest BCUT2D eigenvalue weighted by Crippen LogP contribution is 2.28. The molecule has 0 bridgehead atoms. The van der Waals surface area contributed by atoms with Crippen molar-refractivity contribution >= 4 is 15.7 Å². The highest BCUT2D eigenvalue weighted by atomic mass is 32.2. The third-order valence-electron chi connectivity index (χ3n) is 4.28. The number of anilines is 1. The van der Waals surface area contributed by atoms with Gasteiger partial charge < -0.3 is 5.73 Å². The van der Waals surface area contributed by atoms with E-state index >= 15 is 0 Å². The smallest absolute Gasteiger partial charge is 0.243 e. The highest BCUT2D eigenvalue weighted by molar-refractivity contribution is 7.89. The Morgan fingerprint density at radius 3 is 2.62 bits per heavy atom. The Morgan fingerprint density at radius 1 is 1.29 bits per heavy atom.